The predicted octanol–water partition coefficient (Wildman–Crippen LogP) is 2.94. The molecule has 2 aromatic heterocycles. The fraction of sp³-hybridized carbons (Fsp3) is 0.333. The van der Waals surface area contributed by atoms with Crippen molar-refractivity contribution < 1.29 is 4.42 Å². The molecule has 21 heavy (non-hydrogen) atoms. The molecule has 1 aliphatic heterocycles. The molecule has 0 unspecified atom stereocenters. The lowest BCUT2D eigenvalue weighted by molar-refractivity contribution is 0.615. The molecule has 0 spiro atoms. The van der Waals surface area contributed by atoms with Gasteiger partial charge in [0, 0.05) is 29.0 Å². The van der Waals surface area contributed by atoms with E-state index in [4.69, 9.17) is 4.42 Å². The van der Waals surface area contributed by atoms with Crippen molar-refractivity contribution in [1.29, 1.82) is 0 Å². The molecule has 6 heteroatoms. The Kier molecular flexibility index (Phi) is 3.08. The van der Waals surface area contributed by atoms with Crippen LogP contribution >= 0.6 is 15.9 Å². The third-order valence-corrected chi connectivity index (χ3v) is 4.58. The van der Waals surface area contributed by atoms with E-state index in [0.717, 1.165) is 51.9 Å². The van der Waals surface area contributed by atoms with E-state index in [0.29, 0.717) is 6.04 Å². The second-order valence-corrected chi connectivity index (χ2v) is 6.25. The molecular formula is C15H15BrN4O. The minimum absolute atomic E-state index is 0.508. The highest BCUT2D eigenvalue weighted by atomic mass is 79.9. The van der Waals surface area contributed by atoms with Gasteiger partial charge in [-0.3, -0.25) is 0 Å². The highest BCUT2D eigenvalue weighted by Gasteiger charge is 2.25. The Morgan fingerprint density at radius 2 is 2.29 bits per heavy atom. The zero-order valence-corrected chi connectivity index (χ0v) is 13.2. The fourth-order valence-corrected chi connectivity index (χ4v) is 3.31. The standard InChI is InChI=1S/C15H15BrN4O/c1-17-10-4-5-20(7-10)15-14-13(18-8-19-15)11-6-9(16)2-3-12(11)21-14/h2-3,6,8,10,17H,4-5,7H2,1H3/t10-/m1/s1. The predicted molar refractivity (Wildman–Crippen MR) is 86.7 cm³/mol. The van der Waals surface area contributed by atoms with Crippen LogP contribution in [0.15, 0.2) is 33.4 Å². The van der Waals surface area contributed by atoms with E-state index < -0.39 is 0 Å². The summed E-state index contributed by atoms with van der Waals surface area (Å²) in [5.74, 6) is 0.894. The first kappa shape index (κ1) is 13.0. The maximum atomic E-state index is 6.01. The molecule has 3 aromatic rings. The number of halogens is 1. The first-order chi connectivity index (χ1) is 10.3. The summed E-state index contributed by atoms with van der Waals surface area (Å²) < 4.78 is 7.03. The first-order valence-corrected chi connectivity index (χ1v) is 7.80. The number of furan rings is 1. The van der Waals surface area contributed by atoms with Crippen LogP contribution in [0.5, 0.6) is 0 Å². The highest BCUT2D eigenvalue weighted by Crippen LogP contribution is 2.34. The molecule has 1 saturated heterocycles. The van der Waals surface area contributed by atoms with Crippen LogP contribution in [0.2, 0.25) is 0 Å². The number of anilines is 1. The molecule has 0 radical (unpaired) electrons. The van der Waals surface area contributed by atoms with Gasteiger partial charge in [-0.2, -0.15) is 0 Å². The summed E-state index contributed by atoms with van der Waals surface area (Å²) in [6, 6.07) is 6.49. The number of hydrogen-bond acceptors (Lipinski definition) is 5. The van der Waals surface area contributed by atoms with E-state index in [-0.39, 0.29) is 0 Å². The van der Waals surface area contributed by atoms with Gasteiger partial charge in [-0.05, 0) is 31.7 Å². The molecule has 1 aliphatic rings. The lowest BCUT2D eigenvalue weighted by atomic mass is 10.2. The van der Waals surface area contributed by atoms with Gasteiger partial charge in [-0.25, -0.2) is 9.97 Å². The summed E-state index contributed by atoms with van der Waals surface area (Å²) in [7, 11) is 2.00. The maximum absolute atomic E-state index is 6.01. The average Bonchev–Trinajstić information content (AvgIpc) is 3.11. The minimum atomic E-state index is 0.508. The largest absolute Gasteiger partial charge is 0.450 e. The maximum Gasteiger partial charge on any atom is 0.196 e. The Balaban J connectivity index is 1.88. The SMILES string of the molecule is CN[C@@H]1CCN(c2ncnc3c2oc2ccc(Br)cc23)C1. The average molecular weight is 347 g/mol. The second kappa shape index (κ2) is 4.96. The van der Waals surface area contributed by atoms with Crippen molar-refractivity contribution in [3.63, 3.8) is 0 Å². The number of likely N-dealkylation sites (N-methyl/N-ethyl adjacent to an activating group) is 1. The van der Waals surface area contributed by atoms with Gasteiger partial charge in [0.2, 0.25) is 0 Å². The van der Waals surface area contributed by atoms with E-state index in [2.05, 4.69) is 36.1 Å². The Bertz CT molecular complexity index is 816. The van der Waals surface area contributed by atoms with Crippen LogP contribution < -0.4 is 10.2 Å². The second-order valence-electron chi connectivity index (χ2n) is 5.34. The normalized spacial score (nSPS) is 19.0. The molecule has 3 heterocycles. The summed E-state index contributed by atoms with van der Waals surface area (Å²) in [5.41, 5.74) is 2.51. The number of aromatic nitrogens is 2. The molecule has 1 fully saturated rings. The van der Waals surface area contributed by atoms with Crippen molar-refractivity contribution in [3.8, 4) is 0 Å². The minimum Gasteiger partial charge on any atom is -0.450 e. The van der Waals surface area contributed by atoms with Crippen LogP contribution in [-0.4, -0.2) is 36.1 Å². The van der Waals surface area contributed by atoms with Crippen molar-refractivity contribution in [3.05, 3.63) is 29.0 Å². The lowest BCUT2D eigenvalue weighted by Gasteiger charge is -2.16. The Morgan fingerprint density at radius 1 is 1.38 bits per heavy atom. The molecule has 0 aliphatic carbocycles. The Labute approximate surface area is 130 Å². The van der Waals surface area contributed by atoms with Crippen molar-refractivity contribution in [2.45, 2.75) is 12.5 Å². The molecule has 1 atom stereocenters. The van der Waals surface area contributed by atoms with Crippen LogP contribution in [0.4, 0.5) is 5.82 Å². The molecule has 0 saturated carbocycles. The van der Waals surface area contributed by atoms with Gasteiger partial charge in [-0.15, -0.1) is 0 Å². The van der Waals surface area contributed by atoms with E-state index in [1.807, 2.05) is 25.2 Å². The molecule has 108 valence electrons. The van der Waals surface area contributed by atoms with Crippen molar-refractivity contribution in [2.24, 2.45) is 0 Å². The zero-order valence-electron chi connectivity index (χ0n) is 11.6. The van der Waals surface area contributed by atoms with Crippen molar-refractivity contribution in [1.82, 2.24) is 15.3 Å². The van der Waals surface area contributed by atoms with Crippen LogP contribution in [-0.2, 0) is 0 Å². The van der Waals surface area contributed by atoms with E-state index in [1.54, 1.807) is 6.33 Å². The van der Waals surface area contributed by atoms with Crippen LogP contribution in [0.3, 0.4) is 0 Å². The van der Waals surface area contributed by atoms with Gasteiger partial charge < -0.3 is 14.6 Å². The van der Waals surface area contributed by atoms with Crippen LogP contribution in [0.1, 0.15) is 6.42 Å². The van der Waals surface area contributed by atoms with Crippen molar-refractivity contribution >= 4 is 43.8 Å². The summed E-state index contributed by atoms with van der Waals surface area (Å²) in [5, 5.41) is 4.34. The number of hydrogen-bond donors (Lipinski definition) is 1. The molecule has 0 amide bonds. The quantitative estimate of drug-likeness (QED) is 0.773. The Morgan fingerprint density at radius 3 is 3.10 bits per heavy atom. The summed E-state index contributed by atoms with van der Waals surface area (Å²) in [6.45, 7) is 1.93. The summed E-state index contributed by atoms with van der Waals surface area (Å²) in [6.07, 6.45) is 2.74. The smallest absolute Gasteiger partial charge is 0.196 e. The van der Waals surface area contributed by atoms with Crippen LogP contribution in [0.25, 0.3) is 22.1 Å². The van der Waals surface area contributed by atoms with E-state index in [1.165, 1.54) is 0 Å². The fourth-order valence-electron chi connectivity index (χ4n) is 2.95. The summed E-state index contributed by atoms with van der Waals surface area (Å²) >= 11 is 3.50. The number of nitrogens with zero attached hydrogens (tertiary/aromatic N) is 3. The lowest BCUT2D eigenvalue weighted by Crippen LogP contribution is -2.29. The van der Waals surface area contributed by atoms with Crippen molar-refractivity contribution in [2.75, 3.05) is 25.0 Å². The van der Waals surface area contributed by atoms with Gasteiger partial charge in [0.25, 0.3) is 0 Å². The van der Waals surface area contributed by atoms with E-state index in [9.17, 15) is 0 Å². The molecular weight excluding hydrogens is 332 g/mol. The summed E-state index contributed by atoms with van der Waals surface area (Å²) in [4.78, 5) is 11.1. The number of nitrogens with one attached hydrogen (secondary N) is 1. The molecule has 1 aromatic carbocycles. The molecule has 1 N–H and O–H groups in total. The monoisotopic (exact) mass is 346 g/mol. The van der Waals surface area contributed by atoms with Gasteiger partial charge in [0.15, 0.2) is 11.4 Å². The highest BCUT2D eigenvalue weighted by molar-refractivity contribution is 9.10. The number of fused-ring (bicyclic) bond motifs is 3. The van der Waals surface area contributed by atoms with Gasteiger partial charge in [0.05, 0.1) is 0 Å². The Hall–Kier alpha value is -1.66. The van der Waals surface area contributed by atoms with Gasteiger partial charge in [0.1, 0.15) is 17.4 Å². The zero-order chi connectivity index (χ0) is 14.4. The van der Waals surface area contributed by atoms with Gasteiger partial charge >= 0.3 is 0 Å². The van der Waals surface area contributed by atoms with Crippen LogP contribution in [0, 0.1) is 0 Å². The number of rotatable bonds is 2. The molecule has 5 nitrogen and oxygen atoms in total. The topological polar surface area (TPSA) is 54.2 Å². The third-order valence-electron chi connectivity index (χ3n) is 4.09. The third kappa shape index (κ3) is 2.10. The first-order valence-electron chi connectivity index (χ1n) is 7.01. The van der Waals surface area contributed by atoms with Gasteiger partial charge in [-0.1, -0.05) is 15.9 Å². The molecule has 4 rings (SSSR count). The van der Waals surface area contributed by atoms with E-state index >= 15 is 0 Å². The number of benzene rings is 1. The molecule has 0 bridgehead atoms.